The van der Waals surface area contributed by atoms with Gasteiger partial charge in [-0.1, -0.05) is 31.6 Å². The Morgan fingerprint density at radius 1 is 1.00 bits per heavy atom. The Kier molecular flexibility index (Phi) is 6.63. The summed E-state index contributed by atoms with van der Waals surface area (Å²) in [6.07, 6.45) is 12.3. The summed E-state index contributed by atoms with van der Waals surface area (Å²) in [5.41, 5.74) is 1.35. The maximum Gasteiger partial charge on any atom is 0.0349 e. The average molecular weight is 248 g/mol. The molecular weight excluding hydrogens is 220 g/mol. The van der Waals surface area contributed by atoms with Crippen LogP contribution in [-0.4, -0.2) is 36.0 Å². The normalized spacial score (nSPS) is 17.2. The molecular formula is C16H28N2. The molecule has 1 rings (SSSR count). The minimum absolute atomic E-state index is 0.759. The molecule has 1 heterocycles. The number of rotatable bonds is 5. The van der Waals surface area contributed by atoms with Gasteiger partial charge in [-0.05, 0) is 44.7 Å². The molecule has 1 saturated heterocycles. The van der Waals surface area contributed by atoms with Gasteiger partial charge >= 0.3 is 0 Å². The number of hydrogen-bond acceptors (Lipinski definition) is 2. The van der Waals surface area contributed by atoms with E-state index in [1.54, 1.807) is 0 Å². The van der Waals surface area contributed by atoms with E-state index in [9.17, 15) is 0 Å². The zero-order valence-corrected chi connectivity index (χ0v) is 12.4. The minimum Gasteiger partial charge on any atom is -0.374 e. The van der Waals surface area contributed by atoms with E-state index in [0.717, 1.165) is 32.1 Å². The van der Waals surface area contributed by atoms with Gasteiger partial charge in [0.15, 0.2) is 0 Å². The van der Waals surface area contributed by atoms with Crippen LogP contribution in [0.15, 0.2) is 36.2 Å². The molecule has 0 saturated carbocycles. The molecule has 0 aromatic heterocycles. The number of hydrogen-bond donors (Lipinski definition) is 0. The second-order valence-electron chi connectivity index (χ2n) is 5.67. The summed E-state index contributed by atoms with van der Waals surface area (Å²) in [6, 6.07) is 0. The van der Waals surface area contributed by atoms with Crippen molar-refractivity contribution in [2.75, 3.05) is 26.2 Å². The van der Waals surface area contributed by atoms with Gasteiger partial charge in [-0.2, -0.15) is 0 Å². The first-order chi connectivity index (χ1) is 8.58. The maximum absolute atomic E-state index is 2.42. The van der Waals surface area contributed by atoms with Crippen molar-refractivity contribution in [1.29, 1.82) is 0 Å². The lowest BCUT2D eigenvalue weighted by Gasteiger charge is -2.33. The first-order valence-corrected chi connectivity index (χ1v) is 7.04. The Morgan fingerprint density at radius 3 is 2.06 bits per heavy atom. The Hall–Kier alpha value is -1.18. The van der Waals surface area contributed by atoms with Crippen LogP contribution in [-0.2, 0) is 0 Å². The van der Waals surface area contributed by atoms with Crippen molar-refractivity contribution in [3.63, 3.8) is 0 Å². The fourth-order valence-corrected chi connectivity index (χ4v) is 1.87. The van der Waals surface area contributed by atoms with Crippen molar-refractivity contribution in [2.45, 2.75) is 34.1 Å². The van der Waals surface area contributed by atoms with E-state index in [4.69, 9.17) is 0 Å². The lowest BCUT2D eigenvalue weighted by molar-refractivity contribution is 0.218. The van der Waals surface area contributed by atoms with Crippen molar-refractivity contribution >= 4 is 0 Å². The van der Waals surface area contributed by atoms with E-state index >= 15 is 0 Å². The van der Waals surface area contributed by atoms with Gasteiger partial charge in [0.25, 0.3) is 0 Å². The van der Waals surface area contributed by atoms with E-state index in [-0.39, 0.29) is 0 Å². The third-order valence-corrected chi connectivity index (χ3v) is 3.00. The van der Waals surface area contributed by atoms with Crippen LogP contribution in [0.1, 0.15) is 34.1 Å². The lowest BCUT2D eigenvalue weighted by Crippen LogP contribution is -2.41. The van der Waals surface area contributed by atoms with Crippen LogP contribution in [0.4, 0.5) is 0 Å². The maximum atomic E-state index is 2.42. The van der Waals surface area contributed by atoms with Crippen LogP contribution in [0.3, 0.4) is 0 Å². The molecule has 0 bridgehead atoms. The summed E-state index contributed by atoms with van der Waals surface area (Å²) in [5.74, 6) is 0.759. The van der Waals surface area contributed by atoms with Crippen LogP contribution in [0.5, 0.6) is 0 Å². The minimum atomic E-state index is 0.759. The highest BCUT2D eigenvalue weighted by atomic mass is 15.2. The summed E-state index contributed by atoms with van der Waals surface area (Å²) in [6.45, 7) is 13.3. The summed E-state index contributed by atoms with van der Waals surface area (Å²) in [5, 5.41) is 0. The van der Waals surface area contributed by atoms with Crippen LogP contribution in [0.25, 0.3) is 0 Å². The van der Waals surface area contributed by atoms with Gasteiger partial charge in [-0.15, -0.1) is 0 Å². The molecule has 2 nitrogen and oxygen atoms in total. The van der Waals surface area contributed by atoms with Gasteiger partial charge in [0.05, 0.1) is 0 Å². The standard InChI is InChI=1S/C16H28N2/c1-15(2)7-5-9-17-11-13-18(14-12-17)10-6-8-16(3)4/h5-7,9-10,16H,8,11-14H2,1-4H3/b9-5+,10-6+. The van der Waals surface area contributed by atoms with E-state index in [1.807, 2.05) is 0 Å². The van der Waals surface area contributed by atoms with Crippen molar-refractivity contribution < 1.29 is 0 Å². The highest BCUT2D eigenvalue weighted by Gasteiger charge is 2.10. The monoisotopic (exact) mass is 248 g/mol. The second kappa shape index (κ2) is 8.02. The highest BCUT2D eigenvalue weighted by molar-refractivity contribution is 5.08. The van der Waals surface area contributed by atoms with E-state index in [0.29, 0.717) is 0 Å². The van der Waals surface area contributed by atoms with Gasteiger partial charge in [0.1, 0.15) is 0 Å². The summed E-state index contributed by atoms with van der Waals surface area (Å²) in [7, 11) is 0. The summed E-state index contributed by atoms with van der Waals surface area (Å²) in [4.78, 5) is 4.82. The second-order valence-corrected chi connectivity index (χ2v) is 5.67. The fourth-order valence-electron chi connectivity index (χ4n) is 1.87. The lowest BCUT2D eigenvalue weighted by atomic mass is 10.1. The van der Waals surface area contributed by atoms with Crippen molar-refractivity contribution in [3.05, 3.63) is 36.2 Å². The molecule has 102 valence electrons. The van der Waals surface area contributed by atoms with Crippen molar-refractivity contribution in [1.82, 2.24) is 9.80 Å². The molecule has 2 heteroatoms. The average Bonchev–Trinajstić information content (AvgIpc) is 2.30. The largest absolute Gasteiger partial charge is 0.374 e. The zero-order chi connectivity index (χ0) is 13.4. The first kappa shape index (κ1) is 14.9. The van der Waals surface area contributed by atoms with Gasteiger partial charge < -0.3 is 9.80 Å². The number of nitrogens with zero attached hydrogens (tertiary/aromatic N) is 2. The van der Waals surface area contributed by atoms with E-state index in [1.165, 1.54) is 12.0 Å². The van der Waals surface area contributed by atoms with Crippen LogP contribution >= 0.6 is 0 Å². The van der Waals surface area contributed by atoms with Crippen LogP contribution in [0.2, 0.25) is 0 Å². The predicted octanol–water partition coefficient (Wildman–Crippen LogP) is 3.64. The highest BCUT2D eigenvalue weighted by Crippen LogP contribution is 2.06. The van der Waals surface area contributed by atoms with Crippen LogP contribution < -0.4 is 0 Å². The summed E-state index contributed by atoms with van der Waals surface area (Å²) < 4.78 is 0. The van der Waals surface area contributed by atoms with Crippen molar-refractivity contribution in [3.8, 4) is 0 Å². The molecule has 0 aromatic rings. The molecule has 0 amide bonds. The van der Waals surface area contributed by atoms with Gasteiger partial charge in [-0.25, -0.2) is 0 Å². The Balaban J connectivity index is 2.26. The van der Waals surface area contributed by atoms with E-state index in [2.05, 4.69) is 68.1 Å². The Morgan fingerprint density at radius 2 is 1.56 bits per heavy atom. The smallest absolute Gasteiger partial charge is 0.0349 e. The first-order valence-electron chi connectivity index (χ1n) is 7.04. The molecule has 0 aromatic carbocycles. The third-order valence-electron chi connectivity index (χ3n) is 3.00. The van der Waals surface area contributed by atoms with Gasteiger partial charge in [-0.3, -0.25) is 0 Å². The third kappa shape index (κ3) is 6.53. The quantitative estimate of drug-likeness (QED) is 0.685. The SMILES string of the molecule is CC(C)=C/C=C/N1CCN(/C=C/CC(C)C)CC1. The molecule has 0 radical (unpaired) electrons. The molecule has 1 aliphatic rings. The van der Waals surface area contributed by atoms with Gasteiger partial charge in [0.2, 0.25) is 0 Å². The van der Waals surface area contributed by atoms with Gasteiger partial charge in [0, 0.05) is 26.2 Å². The number of allylic oxidation sites excluding steroid dienone is 4. The topological polar surface area (TPSA) is 6.48 Å². The molecule has 0 aliphatic carbocycles. The molecule has 0 spiro atoms. The van der Waals surface area contributed by atoms with E-state index < -0.39 is 0 Å². The molecule has 0 atom stereocenters. The number of piperazine rings is 1. The molecule has 0 N–H and O–H groups in total. The molecule has 0 unspecified atom stereocenters. The zero-order valence-electron chi connectivity index (χ0n) is 12.4. The predicted molar refractivity (Wildman–Crippen MR) is 80.3 cm³/mol. The van der Waals surface area contributed by atoms with Crippen LogP contribution in [0, 0.1) is 5.92 Å². The molecule has 1 fully saturated rings. The fraction of sp³-hybridized carbons (Fsp3) is 0.625. The molecule has 18 heavy (non-hydrogen) atoms. The Bertz CT molecular complexity index is 301. The van der Waals surface area contributed by atoms with Crippen molar-refractivity contribution in [2.24, 2.45) is 5.92 Å². The summed E-state index contributed by atoms with van der Waals surface area (Å²) >= 11 is 0. The molecule has 1 aliphatic heterocycles. The Labute approximate surface area is 113 Å².